The van der Waals surface area contributed by atoms with Gasteiger partial charge in [-0.15, -0.1) is 0 Å². The summed E-state index contributed by atoms with van der Waals surface area (Å²) in [5.74, 6) is 0. The second-order valence-electron chi connectivity index (χ2n) is 2.66. The first-order valence-corrected chi connectivity index (χ1v) is 5.19. The highest BCUT2D eigenvalue weighted by atomic mass is 32.2. The van der Waals surface area contributed by atoms with E-state index >= 15 is 0 Å². The topological polar surface area (TPSA) is 63.6 Å². The van der Waals surface area contributed by atoms with Crippen molar-refractivity contribution in [2.45, 2.75) is 31.1 Å². The summed E-state index contributed by atoms with van der Waals surface area (Å²) >= 11 is 0. The fourth-order valence-corrected chi connectivity index (χ4v) is 1.86. The molecule has 0 amide bonds. The van der Waals surface area contributed by atoms with Crippen LogP contribution in [-0.4, -0.2) is 25.0 Å². The lowest BCUT2D eigenvalue weighted by atomic mass is 10.2. The maximum atomic E-state index is 10.6. The first-order chi connectivity index (χ1) is 5.11. The van der Waals surface area contributed by atoms with Crippen LogP contribution in [0.3, 0.4) is 0 Å². The van der Waals surface area contributed by atoms with E-state index in [1.165, 1.54) is 0 Å². The summed E-state index contributed by atoms with van der Waals surface area (Å²) in [7, 11) is -3.97. The van der Waals surface area contributed by atoms with Gasteiger partial charge in [0.1, 0.15) is 0 Å². The van der Waals surface area contributed by atoms with Gasteiger partial charge in [0.25, 0.3) is 10.1 Å². The third-order valence-corrected chi connectivity index (χ3v) is 2.76. The van der Waals surface area contributed by atoms with E-state index in [0.29, 0.717) is 13.0 Å². The van der Waals surface area contributed by atoms with Crippen LogP contribution in [0.5, 0.6) is 0 Å². The van der Waals surface area contributed by atoms with Crippen LogP contribution in [-0.2, 0) is 14.9 Å². The van der Waals surface area contributed by atoms with E-state index in [4.69, 9.17) is 9.29 Å². The van der Waals surface area contributed by atoms with Crippen molar-refractivity contribution in [3.05, 3.63) is 0 Å². The molecule has 0 radical (unpaired) electrons. The highest BCUT2D eigenvalue weighted by Gasteiger charge is 2.24. The monoisotopic (exact) mass is 180 g/mol. The minimum atomic E-state index is -3.97. The van der Waals surface area contributed by atoms with Gasteiger partial charge in [-0.3, -0.25) is 4.55 Å². The molecule has 5 heteroatoms. The summed E-state index contributed by atoms with van der Waals surface area (Å²) in [4.78, 5) is 0. The van der Waals surface area contributed by atoms with Gasteiger partial charge in [-0.2, -0.15) is 8.42 Å². The molecule has 66 valence electrons. The third-order valence-electron chi connectivity index (χ3n) is 1.72. The molecule has 0 aromatic rings. The van der Waals surface area contributed by atoms with Crippen LogP contribution in [0.15, 0.2) is 0 Å². The summed E-state index contributed by atoms with van der Waals surface area (Å²) in [6.45, 7) is 0.435. The van der Waals surface area contributed by atoms with Crippen LogP contribution in [0, 0.1) is 0 Å². The molecule has 0 saturated carbocycles. The van der Waals surface area contributed by atoms with Crippen molar-refractivity contribution < 1.29 is 17.7 Å². The van der Waals surface area contributed by atoms with Crippen molar-refractivity contribution in [3.63, 3.8) is 0 Å². The van der Waals surface area contributed by atoms with Gasteiger partial charge in [0.2, 0.25) is 0 Å². The molecule has 1 atom stereocenters. The molecule has 0 spiro atoms. The molecule has 0 aliphatic carbocycles. The molecule has 1 aliphatic heterocycles. The normalized spacial score (nSPS) is 27.9. The van der Waals surface area contributed by atoms with Gasteiger partial charge in [-0.1, -0.05) is 6.42 Å². The molecule has 0 bridgehead atoms. The highest BCUT2D eigenvalue weighted by molar-refractivity contribution is 7.86. The largest absolute Gasteiger partial charge is 0.360 e. The standard InChI is InChI=1S/C6H12O4S/c7-11(8,9)6-4-2-1-3-5-10-6/h6H,1-5H2,(H,7,8,9). The number of hydrogen-bond donors (Lipinski definition) is 1. The molecule has 1 N–H and O–H groups in total. The third kappa shape index (κ3) is 2.76. The van der Waals surface area contributed by atoms with Crippen LogP contribution in [0.2, 0.25) is 0 Å². The minimum absolute atomic E-state index is 0.416. The SMILES string of the molecule is O=S(=O)(O)C1CCCCCO1. The zero-order chi connectivity index (χ0) is 8.32. The molecule has 1 unspecified atom stereocenters. The van der Waals surface area contributed by atoms with E-state index < -0.39 is 15.6 Å². The molecule has 1 rings (SSSR count). The van der Waals surface area contributed by atoms with Gasteiger partial charge in [0.05, 0.1) is 0 Å². The van der Waals surface area contributed by atoms with Gasteiger partial charge in [0.15, 0.2) is 5.44 Å². The second kappa shape index (κ2) is 3.51. The minimum Gasteiger partial charge on any atom is -0.360 e. The molecule has 4 nitrogen and oxygen atoms in total. The average Bonchev–Trinajstić information content (AvgIpc) is 2.10. The van der Waals surface area contributed by atoms with Crippen molar-refractivity contribution >= 4 is 10.1 Å². The fraction of sp³-hybridized carbons (Fsp3) is 1.00. The highest BCUT2D eigenvalue weighted by Crippen LogP contribution is 2.16. The van der Waals surface area contributed by atoms with Crippen molar-refractivity contribution in [1.29, 1.82) is 0 Å². The van der Waals surface area contributed by atoms with Crippen molar-refractivity contribution in [1.82, 2.24) is 0 Å². The van der Waals surface area contributed by atoms with Gasteiger partial charge < -0.3 is 4.74 Å². The molecule has 1 fully saturated rings. The Labute approximate surface area is 66.3 Å². The maximum absolute atomic E-state index is 10.6. The van der Waals surface area contributed by atoms with E-state index in [9.17, 15) is 8.42 Å². The van der Waals surface area contributed by atoms with Crippen LogP contribution in [0.1, 0.15) is 25.7 Å². The lowest BCUT2D eigenvalue weighted by Gasteiger charge is -2.09. The first kappa shape index (κ1) is 8.96. The van der Waals surface area contributed by atoms with E-state index in [0.717, 1.165) is 19.3 Å². The quantitative estimate of drug-likeness (QED) is 0.606. The molecule has 0 aromatic carbocycles. The van der Waals surface area contributed by atoms with Crippen LogP contribution in [0.4, 0.5) is 0 Å². The molecule has 1 saturated heterocycles. The maximum Gasteiger partial charge on any atom is 0.292 e. The molecule has 11 heavy (non-hydrogen) atoms. The van der Waals surface area contributed by atoms with E-state index in [2.05, 4.69) is 0 Å². The Hall–Kier alpha value is -0.130. The molecule has 0 aromatic heterocycles. The van der Waals surface area contributed by atoms with Crippen LogP contribution in [0.25, 0.3) is 0 Å². The molecular formula is C6H12O4S. The lowest BCUT2D eigenvalue weighted by Crippen LogP contribution is -2.22. The molecular weight excluding hydrogens is 168 g/mol. The molecule has 1 heterocycles. The lowest BCUT2D eigenvalue weighted by molar-refractivity contribution is 0.105. The van der Waals surface area contributed by atoms with E-state index in [1.54, 1.807) is 0 Å². The predicted molar refractivity (Wildman–Crippen MR) is 39.8 cm³/mol. The van der Waals surface area contributed by atoms with E-state index in [-0.39, 0.29) is 0 Å². The van der Waals surface area contributed by atoms with Crippen LogP contribution >= 0.6 is 0 Å². The Morgan fingerprint density at radius 3 is 2.64 bits per heavy atom. The van der Waals surface area contributed by atoms with E-state index in [1.807, 2.05) is 0 Å². The summed E-state index contributed by atoms with van der Waals surface area (Å²) in [6.07, 6.45) is 3.08. The summed E-state index contributed by atoms with van der Waals surface area (Å²) in [5.41, 5.74) is -0.981. The fourth-order valence-electron chi connectivity index (χ4n) is 1.12. The Morgan fingerprint density at radius 1 is 1.27 bits per heavy atom. The van der Waals surface area contributed by atoms with Crippen molar-refractivity contribution in [3.8, 4) is 0 Å². The van der Waals surface area contributed by atoms with Gasteiger partial charge in [-0.25, -0.2) is 0 Å². The van der Waals surface area contributed by atoms with Crippen molar-refractivity contribution in [2.24, 2.45) is 0 Å². The number of ether oxygens (including phenoxy) is 1. The molecule has 1 aliphatic rings. The summed E-state index contributed by atoms with van der Waals surface area (Å²) < 4.78 is 34.7. The summed E-state index contributed by atoms with van der Waals surface area (Å²) in [6, 6.07) is 0. The van der Waals surface area contributed by atoms with Gasteiger partial charge in [0, 0.05) is 6.61 Å². The number of rotatable bonds is 1. The Kier molecular flexibility index (Phi) is 2.86. The number of hydrogen-bond acceptors (Lipinski definition) is 3. The second-order valence-corrected chi connectivity index (χ2v) is 4.22. The first-order valence-electron chi connectivity index (χ1n) is 3.68. The van der Waals surface area contributed by atoms with Crippen molar-refractivity contribution in [2.75, 3.05) is 6.61 Å². The Balaban J connectivity index is 2.57. The summed E-state index contributed by atoms with van der Waals surface area (Å²) in [5, 5.41) is 0. The Bertz CT molecular complexity index is 201. The smallest absolute Gasteiger partial charge is 0.292 e. The predicted octanol–water partition coefficient (Wildman–Crippen LogP) is 0.791. The zero-order valence-corrected chi connectivity index (χ0v) is 7.01. The van der Waals surface area contributed by atoms with Gasteiger partial charge in [-0.05, 0) is 19.3 Å². The Morgan fingerprint density at radius 2 is 2.00 bits per heavy atom. The van der Waals surface area contributed by atoms with Crippen LogP contribution < -0.4 is 0 Å². The van der Waals surface area contributed by atoms with Gasteiger partial charge >= 0.3 is 0 Å². The average molecular weight is 180 g/mol. The zero-order valence-electron chi connectivity index (χ0n) is 6.19.